The molecule has 2 aromatic rings. The number of rotatable bonds is 3. The topological polar surface area (TPSA) is 66.0 Å². The van der Waals surface area contributed by atoms with Crippen molar-refractivity contribution in [3.63, 3.8) is 0 Å². The minimum Gasteiger partial charge on any atom is -0.436 e. The van der Waals surface area contributed by atoms with E-state index in [1.54, 1.807) is 23.3 Å². The maximum Gasteiger partial charge on any atom is 0.219 e. The molecular formula is C11H14N4O. The van der Waals surface area contributed by atoms with Crippen molar-refractivity contribution >= 4 is 0 Å². The average molecular weight is 218 g/mol. The summed E-state index contributed by atoms with van der Waals surface area (Å²) >= 11 is 0. The summed E-state index contributed by atoms with van der Waals surface area (Å²) in [7, 11) is 1.83. The van der Waals surface area contributed by atoms with Gasteiger partial charge in [-0.05, 0) is 18.6 Å². The van der Waals surface area contributed by atoms with E-state index in [4.69, 9.17) is 10.5 Å². The molecule has 0 radical (unpaired) electrons. The molecule has 0 aliphatic rings. The molecule has 2 heterocycles. The van der Waals surface area contributed by atoms with Crippen molar-refractivity contribution in [2.75, 3.05) is 0 Å². The van der Waals surface area contributed by atoms with E-state index in [-0.39, 0.29) is 6.04 Å². The van der Waals surface area contributed by atoms with E-state index in [9.17, 15) is 0 Å². The first-order chi connectivity index (χ1) is 7.65. The summed E-state index contributed by atoms with van der Waals surface area (Å²) in [5.41, 5.74) is 6.77. The predicted molar refractivity (Wildman–Crippen MR) is 60.1 cm³/mol. The average Bonchev–Trinajstić information content (AvgIpc) is 2.64. The molecular weight excluding hydrogens is 204 g/mol. The molecule has 0 fully saturated rings. The normalized spacial score (nSPS) is 12.4. The van der Waals surface area contributed by atoms with Gasteiger partial charge in [0.15, 0.2) is 5.75 Å². The third-order valence-corrected chi connectivity index (χ3v) is 2.19. The summed E-state index contributed by atoms with van der Waals surface area (Å²) < 4.78 is 7.21. The molecule has 0 unspecified atom stereocenters. The number of ether oxygens (including phenoxy) is 1. The summed E-state index contributed by atoms with van der Waals surface area (Å²) in [6, 6.07) is 3.68. The van der Waals surface area contributed by atoms with Crippen LogP contribution in [0, 0.1) is 0 Å². The third-order valence-electron chi connectivity index (χ3n) is 2.19. The van der Waals surface area contributed by atoms with Crippen LogP contribution in [0.25, 0.3) is 0 Å². The van der Waals surface area contributed by atoms with Crippen molar-refractivity contribution in [2.45, 2.75) is 13.0 Å². The molecule has 0 amide bonds. The Balaban J connectivity index is 2.18. The zero-order valence-corrected chi connectivity index (χ0v) is 9.29. The minimum atomic E-state index is -0.0285. The van der Waals surface area contributed by atoms with Crippen LogP contribution < -0.4 is 10.5 Å². The number of hydrogen-bond acceptors (Lipinski definition) is 4. The van der Waals surface area contributed by atoms with Crippen LogP contribution in [0.3, 0.4) is 0 Å². The van der Waals surface area contributed by atoms with Crippen molar-refractivity contribution in [1.82, 2.24) is 14.8 Å². The van der Waals surface area contributed by atoms with Gasteiger partial charge in [0.1, 0.15) is 0 Å². The number of hydrogen-bond donors (Lipinski definition) is 1. The number of nitrogens with zero attached hydrogens (tertiary/aromatic N) is 3. The van der Waals surface area contributed by atoms with Crippen LogP contribution in [0.1, 0.15) is 18.5 Å². The molecule has 2 N–H and O–H groups in total. The van der Waals surface area contributed by atoms with Gasteiger partial charge in [-0.2, -0.15) is 5.10 Å². The third kappa shape index (κ3) is 2.38. The van der Waals surface area contributed by atoms with Gasteiger partial charge < -0.3 is 10.5 Å². The van der Waals surface area contributed by atoms with Crippen molar-refractivity contribution in [3.05, 3.63) is 36.3 Å². The van der Waals surface area contributed by atoms with Crippen LogP contribution in [0.2, 0.25) is 0 Å². The van der Waals surface area contributed by atoms with Crippen LogP contribution in [-0.4, -0.2) is 14.8 Å². The SMILES string of the molecule is C[C@H](N)c1ccnc(Oc2cnn(C)c2)c1. The lowest BCUT2D eigenvalue weighted by Crippen LogP contribution is -2.05. The molecule has 0 bridgehead atoms. The largest absolute Gasteiger partial charge is 0.436 e. The molecule has 1 atom stereocenters. The van der Waals surface area contributed by atoms with Crippen LogP contribution in [0.5, 0.6) is 11.6 Å². The highest BCUT2D eigenvalue weighted by Crippen LogP contribution is 2.20. The first-order valence-electron chi connectivity index (χ1n) is 5.03. The van der Waals surface area contributed by atoms with Crippen molar-refractivity contribution < 1.29 is 4.74 Å². The summed E-state index contributed by atoms with van der Waals surface area (Å²) in [6.45, 7) is 1.92. The van der Waals surface area contributed by atoms with Crippen LogP contribution in [-0.2, 0) is 7.05 Å². The fourth-order valence-corrected chi connectivity index (χ4v) is 1.34. The Kier molecular flexibility index (Phi) is 2.87. The number of aromatic nitrogens is 3. The predicted octanol–water partition coefficient (Wildman–Crippen LogP) is 1.63. The standard InChI is InChI=1S/C11H14N4O/c1-8(12)9-3-4-13-11(5-9)16-10-6-14-15(2)7-10/h3-8H,12H2,1-2H3/t8-/m0/s1. The van der Waals surface area contributed by atoms with Crippen LogP contribution in [0.4, 0.5) is 0 Å². The minimum absolute atomic E-state index is 0.0285. The van der Waals surface area contributed by atoms with Gasteiger partial charge >= 0.3 is 0 Å². The molecule has 84 valence electrons. The van der Waals surface area contributed by atoms with E-state index in [0.29, 0.717) is 11.6 Å². The van der Waals surface area contributed by atoms with Gasteiger partial charge in [0.25, 0.3) is 0 Å². The highest BCUT2D eigenvalue weighted by Gasteiger charge is 2.04. The second kappa shape index (κ2) is 4.32. The first-order valence-corrected chi connectivity index (χ1v) is 5.03. The zero-order chi connectivity index (χ0) is 11.5. The fourth-order valence-electron chi connectivity index (χ4n) is 1.34. The quantitative estimate of drug-likeness (QED) is 0.850. The van der Waals surface area contributed by atoms with Crippen LogP contribution >= 0.6 is 0 Å². The van der Waals surface area contributed by atoms with E-state index in [1.807, 2.05) is 26.1 Å². The number of nitrogens with two attached hydrogens (primary N) is 1. The lowest BCUT2D eigenvalue weighted by atomic mass is 10.1. The molecule has 0 saturated carbocycles. The molecule has 16 heavy (non-hydrogen) atoms. The van der Waals surface area contributed by atoms with Gasteiger partial charge in [0.2, 0.25) is 5.88 Å². The summed E-state index contributed by atoms with van der Waals surface area (Å²) in [4.78, 5) is 4.11. The smallest absolute Gasteiger partial charge is 0.219 e. The Hall–Kier alpha value is -1.88. The number of aryl methyl sites for hydroxylation is 1. The second-order valence-corrected chi connectivity index (χ2v) is 3.67. The van der Waals surface area contributed by atoms with Gasteiger partial charge in [-0.1, -0.05) is 0 Å². The van der Waals surface area contributed by atoms with Gasteiger partial charge in [0.05, 0.1) is 12.4 Å². The highest BCUT2D eigenvalue weighted by molar-refractivity contribution is 5.27. The first kappa shape index (κ1) is 10.6. The van der Waals surface area contributed by atoms with Gasteiger partial charge in [-0.25, -0.2) is 4.98 Å². The molecule has 0 aliphatic heterocycles. The molecule has 2 aromatic heterocycles. The lowest BCUT2D eigenvalue weighted by molar-refractivity contribution is 0.461. The lowest BCUT2D eigenvalue weighted by Gasteiger charge is -2.07. The Morgan fingerprint density at radius 1 is 1.50 bits per heavy atom. The molecule has 5 heteroatoms. The molecule has 5 nitrogen and oxygen atoms in total. The van der Waals surface area contributed by atoms with E-state index in [1.165, 1.54) is 0 Å². The van der Waals surface area contributed by atoms with E-state index in [0.717, 1.165) is 5.56 Å². The van der Waals surface area contributed by atoms with E-state index in [2.05, 4.69) is 10.1 Å². The highest BCUT2D eigenvalue weighted by atomic mass is 16.5. The van der Waals surface area contributed by atoms with Gasteiger partial charge in [-0.3, -0.25) is 4.68 Å². The summed E-state index contributed by atoms with van der Waals surface area (Å²) in [5, 5.41) is 4.01. The summed E-state index contributed by atoms with van der Waals surface area (Å²) in [6.07, 6.45) is 5.10. The second-order valence-electron chi connectivity index (χ2n) is 3.67. The zero-order valence-electron chi connectivity index (χ0n) is 9.29. The monoisotopic (exact) mass is 218 g/mol. The molecule has 0 saturated heterocycles. The van der Waals surface area contributed by atoms with Gasteiger partial charge in [-0.15, -0.1) is 0 Å². The Morgan fingerprint density at radius 3 is 2.94 bits per heavy atom. The van der Waals surface area contributed by atoms with E-state index >= 15 is 0 Å². The van der Waals surface area contributed by atoms with Crippen LogP contribution in [0.15, 0.2) is 30.7 Å². The Bertz CT molecular complexity index is 478. The molecule has 2 rings (SSSR count). The Labute approximate surface area is 93.9 Å². The number of pyridine rings is 1. The maximum absolute atomic E-state index is 5.78. The molecule has 0 aliphatic carbocycles. The van der Waals surface area contributed by atoms with Crippen molar-refractivity contribution in [2.24, 2.45) is 12.8 Å². The van der Waals surface area contributed by atoms with Gasteiger partial charge in [0, 0.05) is 25.4 Å². The maximum atomic E-state index is 5.78. The van der Waals surface area contributed by atoms with E-state index < -0.39 is 0 Å². The summed E-state index contributed by atoms with van der Waals surface area (Å²) in [5.74, 6) is 1.19. The fraction of sp³-hybridized carbons (Fsp3) is 0.273. The Morgan fingerprint density at radius 2 is 2.31 bits per heavy atom. The molecule has 0 spiro atoms. The van der Waals surface area contributed by atoms with Crippen molar-refractivity contribution in [3.8, 4) is 11.6 Å². The molecule has 0 aromatic carbocycles. The van der Waals surface area contributed by atoms with Crippen molar-refractivity contribution in [1.29, 1.82) is 0 Å².